The highest BCUT2D eigenvalue weighted by atomic mass is 19.3. The van der Waals surface area contributed by atoms with Crippen molar-refractivity contribution in [3.63, 3.8) is 0 Å². The zero-order valence-electron chi connectivity index (χ0n) is 11.5. The Bertz CT molecular complexity index is 420. The Kier molecular flexibility index (Phi) is 4.53. The second kappa shape index (κ2) is 5.97. The van der Waals surface area contributed by atoms with Gasteiger partial charge < -0.3 is 5.73 Å². The van der Waals surface area contributed by atoms with E-state index in [1.165, 1.54) is 6.07 Å². The molecule has 0 aromatic heterocycles. The summed E-state index contributed by atoms with van der Waals surface area (Å²) in [6, 6.07) is 7.36. The fourth-order valence-electron chi connectivity index (χ4n) is 3.05. The monoisotopic (exact) mass is 268 g/mol. The van der Waals surface area contributed by atoms with Gasteiger partial charge in [0.15, 0.2) is 0 Å². The van der Waals surface area contributed by atoms with Crippen molar-refractivity contribution in [1.29, 1.82) is 0 Å². The summed E-state index contributed by atoms with van der Waals surface area (Å²) in [5, 5.41) is 0. The van der Waals surface area contributed by atoms with Crippen LogP contribution < -0.4 is 5.73 Å². The molecule has 1 aromatic rings. The Morgan fingerprint density at radius 2 is 2.11 bits per heavy atom. The predicted octanol–water partition coefficient (Wildman–Crippen LogP) is 3.35. The van der Waals surface area contributed by atoms with Gasteiger partial charge in [-0.1, -0.05) is 18.2 Å². The average molecular weight is 268 g/mol. The SMILES string of the molecule is CC(C)N1CCC(CN)C1c1cccc(C(F)F)c1. The van der Waals surface area contributed by atoms with Crippen molar-refractivity contribution in [3.05, 3.63) is 35.4 Å². The van der Waals surface area contributed by atoms with Gasteiger partial charge in [-0.25, -0.2) is 8.78 Å². The molecule has 2 rings (SSSR count). The topological polar surface area (TPSA) is 29.3 Å². The standard InChI is InChI=1S/C15H22F2N2/c1-10(2)19-7-6-13(9-18)14(19)11-4-3-5-12(8-11)15(16)17/h3-5,8,10,13-15H,6-7,9,18H2,1-2H3. The third-order valence-electron chi connectivity index (χ3n) is 4.03. The number of hydrogen-bond donors (Lipinski definition) is 1. The van der Waals surface area contributed by atoms with Gasteiger partial charge in [-0.3, -0.25) is 4.90 Å². The molecule has 1 fully saturated rings. The summed E-state index contributed by atoms with van der Waals surface area (Å²) >= 11 is 0. The molecular formula is C15H22F2N2. The maximum atomic E-state index is 12.8. The maximum absolute atomic E-state index is 12.8. The molecule has 1 aliphatic heterocycles. The molecule has 2 nitrogen and oxygen atoms in total. The molecule has 19 heavy (non-hydrogen) atoms. The summed E-state index contributed by atoms with van der Waals surface area (Å²) in [5.74, 6) is 0.357. The van der Waals surface area contributed by atoms with Gasteiger partial charge in [0.1, 0.15) is 0 Å². The van der Waals surface area contributed by atoms with Crippen molar-refractivity contribution >= 4 is 0 Å². The molecule has 0 saturated carbocycles. The molecular weight excluding hydrogens is 246 g/mol. The summed E-state index contributed by atoms with van der Waals surface area (Å²) in [6.07, 6.45) is -1.37. The lowest BCUT2D eigenvalue weighted by Gasteiger charge is -2.31. The van der Waals surface area contributed by atoms with Crippen LogP contribution in [0.2, 0.25) is 0 Å². The van der Waals surface area contributed by atoms with E-state index in [1.54, 1.807) is 12.1 Å². The smallest absolute Gasteiger partial charge is 0.263 e. The van der Waals surface area contributed by atoms with Crippen LogP contribution >= 0.6 is 0 Å². The van der Waals surface area contributed by atoms with Crippen molar-refractivity contribution in [1.82, 2.24) is 4.90 Å². The zero-order valence-corrected chi connectivity index (χ0v) is 11.5. The Labute approximate surface area is 113 Å². The molecule has 1 aromatic carbocycles. The molecule has 2 unspecified atom stereocenters. The number of nitrogens with two attached hydrogens (primary N) is 1. The number of rotatable bonds is 4. The highest BCUT2D eigenvalue weighted by Crippen LogP contribution is 2.38. The molecule has 1 heterocycles. The fraction of sp³-hybridized carbons (Fsp3) is 0.600. The normalized spacial score (nSPS) is 24.6. The van der Waals surface area contributed by atoms with Crippen molar-refractivity contribution in [2.75, 3.05) is 13.1 Å². The van der Waals surface area contributed by atoms with Crippen LogP contribution in [0.25, 0.3) is 0 Å². The van der Waals surface area contributed by atoms with E-state index in [-0.39, 0.29) is 11.6 Å². The summed E-state index contributed by atoms with van der Waals surface area (Å²) < 4.78 is 25.7. The summed E-state index contributed by atoms with van der Waals surface area (Å²) in [6.45, 7) is 5.88. The first-order valence-corrected chi connectivity index (χ1v) is 6.88. The molecule has 1 saturated heterocycles. The van der Waals surface area contributed by atoms with Crippen LogP contribution in [0.3, 0.4) is 0 Å². The van der Waals surface area contributed by atoms with E-state index in [9.17, 15) is 8.78 Å². The number of benzene rings is 1. The number of hydrogen-bond acceptors (Lipinski definition) is 2. The van der Waals surface area contributed by atoms with Crippen molar-refractivity contribution in [2.24, 2.45) is 11.7 Å². The molecule has 0 radical (unpaired) electrons. The van der Waals surface area contributed by atoms with Gasteiger partial charge in [0, 0.05) is 17.6 Å². The molecule has 1 aliphatic rings. The Morgan fingerprint density at radius 3 is 2.68 bits per heavy atom. The van der Waals surface area contributed by atoms with Gasteiger partial charge in [0.2, 0.25) is 0 Å². The van der Waals surface area contributed by atoms with Gasteiger partial charge in [0.25, 0.3) is 6.43 Å². The van der Waals surface area contributed by atoms with Gasteiger partial charge in [0.05, 0.1) is 0 Å². The quantitative estimate of drug-likeness (QED) is 0.907. The molecule has 0 aliphatic carbocycles. The molecule has 2 atom stereocenters. The first kappa shape index (κ1) is 14.4. The Hall–Kier alpha value is -1.00. The predicted molar refractivity (Wildman–Crippen MR) is 73.1 cm³/mol. The minimum absolute atomic E-state index is 0.101. The second-order valence-corrected chi connectivity index (χ2v) is 5.53. The van der Waals surface area contributed by atoms with Crippen LogP contribution in [0, 0.1) is 5.92 Å². The van der Waals surface area contributed by atoms with Crippen molar-refractivity contribution in [3.8, 4) is 0 Å². The van der Waals surface area contributed by atoms with Crippen molar-refractivity contribution < 1.29 is 8.78 Å². The lowest BCUT2D eigenvalue weighted by atomic mass is 9.92. The molecule has 0 amide bonds. The molecule has 4 heteroatoms. The Balaban J connectivity index is 2.33. The first-order chi connectivity index (χ1) is 9.04. The minimum Gasteiger partial charge on any atom is -0.330 e. The van der Waals surface area contributed by atoms with Gasteiger partial charge in [-0.15, -0.1) is 0 Å². The van der Waals surface area contributed by atoms with Crippen LogP contribution in [-0.4, -0.2) is 24.0 Å². The second-order valence-electron chi connectivity index (χ2n) is 5.53. The largest absolute Gasteiger partial charge is 0.330 e. The van der Waals surface area contributed by atoms with E-state index in [1.807, 2.05) is 6.07 Å². The molecule has 2 N–H and O–H groups in total. The Morgan fingerprint density at radius 1 is 1.37 bits per heavy atom. The van der Waals surface area contributed by atoms with E-state index in [4.69, 9.17) is 5.73 Å². The van der Waals surface area contributed by atoms with Crippen LogP contribution in [-0.2, 0) is 0 Å². The highest BCUT2D eigenvalue weighted by Gasteiger charge is 2.35. The lowest BCUT2D eigenvalue weighted by Crippen LogP contribution is -2.33. The zero-order chi connectivity index (χ0) is 14.0. The third kappa shape index (κ3) is 2.95. The number of likely N-dealkylation sites (tertiary alicyclic amines) is 1. The van der Waals surface area contributed by atoms with Gasteiger partial charge >= 0.3 is 0 Å². The molecule has 0 bridgehead atoms. The summed E-state index contributed by atoms with van der Waals surface area (Å²) in [7, 11) is 0. The van der Waals surface area contributed by atoms with Crippen LogP contribution in [0.15, 0.2) is 24.3 Å². The van der Waals surface area contributed by atoms with E-state index in [0.717, 1.165) is 18.5 Å². The van der Waals surface area contributed by atoms with Gasteiger partial charge in [-0.2, -0.15) is 0 Å². The molecule has 106 valence electrons. The van der Waals surface area contributed by atoms with Crippen LogP contribution in [0.1, 0.15) is 43.9 Å². The summed E-state index contributed by atoms with van der Waals surface area (Å²) in [5.41, 5.74) is 6.92. The van der Waals surface area contributed by atoms with Crippen LogP contribution in [0.5, 0.6) is 0 Å². The van der Waals surface area contributed by atoms with E-state index in [0.29, 0.717) is 18.5 Å². The molecule has 0 spiro atoms. The minimum atomic E-state index is -2.41. The number of halogens is 2. The van der Waals surface area contributed by atoms with E-state index in [2.05, 4.69) is 18.7 Å². The first-order valence-electron chi connectivity index (χ1n) is 6.88. The number of alkyl halides is 2. The van der Waals surface area contributed by atoms with E-state index >= 15 is 0 Å². The van der Waals surface area contributed by atoms with E-state index < -0.39 is 6.43 Å². The van der Waals surface area contributed by atoms with Crippen LogP contribution in [0.4, 0.5) is 8.78 Å². The van der Waals surface area contributed by atoms with Crippen molar-refractivity contribution in [2.45, 2.75) is 38.8 Å². The summed E-state index contributed by atoms with van der Waals surface area (Å²) in [4.78, 5) is 2.36. The van der Waals surface area contributed by atoms with Gasteiger partial charge in [-0.05, 0) is 50.9 Å². The average Bonchev–Trinajstić information content (AvgIpc) is 2.82. The fourth-order valence-corrected chi connectivity index (χ4v) is 3.05. The number of nitrogens with zero attached hydrogens (tertiary/aromatic N) is 1. The lowest BCUT2D eigenvalue weighted by molar-refractivity contribution is 0.150. The highest BCUT2D eigenvalue weighted by molar-refractivity contribution is 5.28. The maximum Gasteiger partial charge on any atom is 0.263 e. The third-order valence-corrected chi connectivity index (χ3v) is 4.03.